The maximum absolute atomic E-state index is 9.45. The molecule has 4 heteroatoms. The molecular formula is C11H15BrO2S. The summed E-state index contributed by atoms with van der Waals surface area (Å²) in [5, 5.41) is 9.45. The van der Waals surface area contributed by atoms with Gasteiger partial charge in [0.05, 0.1) is 12.7 Å². The third-order valence-corrected chi connectivity index (χ3v) is 3.62. The number of ether oxygens (including phenoxy) is 1. The van der Waals surface area contributed by atoms with Crippen LogP contribution in [0.1, 0.15) is 18.6 Å². The summed E-state index contributed by atoms with van der Waals surface area (Å²) in [6.45, 7) is 2.51. The predicted octanol–water partition coefficient (Wildman–Crippen LogP) is 3.24. The molecule has 0 aliphatic heterocycles. The molecule has 84 valence electrons. The van der Waals surface area contributed by atoms with Gasteiger partial charge in [0.1, 0.15) is 0 Å². The van der Waals surface area contributed by atoms with E-state index in [1.54, 1.807) is 25.8 Å². The topological polar surface area (TPSA) is 29.5 Å². The summed E-state index contributed by atoms with van der Waals surface area (Å²) in [7, 11) is 1.70. The van der Waals surface area contributed by atoms with Gasteiger partial charge in [-0.25, -0.2) is 0 Å². The molecule has 0 spiro atoms. The Morgan fingerprint density at radius 3 is 2.80 bits per heavy atom. The van der Waals surface area contributed by atoms with Crippen LogP contribution in [0.3, 0.4) is 0 Å². The molecule has 0 radical (unpaired) electrons. The average molecular weight is 291 g/mol. The van der Waals surface area contributed by atoms with Gasteiger partial charge >= 0.3 is 0 Å². The van der Waals surface area contributed by atoms with Gasteiger partial charge in [-0.1, -0.05) is 22.0 Å². The van der Waals surface area contributed by atoms with Gasteiger partial charge in [-0.05, 0) is 24.6 Å². The fourth-order valence-electron chi connectivity index (χ4n) is 1.18. The molecular weight excluding hydrogens is 276 g/mol. The van der Waals surface area contributed by atoms with Crippen LogP contribution in [0.15, 0.2) is 27.6 Å². The molecule has 0 bridgehead atoms. The molecule has 0 saturated carbocycles. The van der Waals surface area contributed by atoms with Gasteiger partial charge in [-0.2, -0.15) is 0 Å². The van der Waals surface area contributed by atoms with Gasteiger partial charge in [-0.3, -0.25) is 0 Å². The number of methoxy groups -OCH3 is 1. The second kappa shape index (κ2) is 6.53. The van der Waals surface area contributed by atoms with E-state index in [0.717, 1.165) is 22.4 Å². The van der Waals surface area contributed by atoms with E-state index < -0.39 is 6.10 Å². The lowest BCUT2D eigenvalue weighted by atomic mass is 10.1. The zero-order chi connectivity index (χ0) is 11.3. The Morgan fingerprint density at radius 2 is 2.27 bits per heavy atom. The number of thioether (sulfide) groups is 1. The minimum Gasteiger partial charge on any atom is -0.389 e. The zero-order valence-corrected chi connectivity index (χ0v) is 11.3. The highest BCUT2D eigenvalue weighted by Crippen LogP contribution is 2.28. The van der Waals surface area contributed by atoms with Crippen molar-refractivity contribution in [2.24, 2.45) is 0 Å². The lowest BCUT2D eigenvalue weighted by Crippen LogP contribution is -1.94. The molecule has 1 atom stereocenters. The molecule has 1 N–H and O–H groups in total. The second-order valence-corrected chi connectivity index (χ2v) is 5.22. The van der Waals surface area contributed by atoms with E-state index in [9.17, 15) is 5.11 Å². The Morgan fingerprint density at radius 1 is 1.53 bits per heavy atom. The molecule has 15 heavy (non-hydrogen) atoms. The largest absolute Gasteiger partial charge is 0.389 e. The third-order valence-electron chi connectivity index (χ3n) is 1.98. The molecule has 1 rings (SSSR count). The van der Waals surface area contributed by atoms with E-state index in [-0.39, 0.29) is 0 Å². The monoisotopic (exact) mass is 290 g/mol. The normalized spacial score (nSPS) is 12.8. The van der Waals surface area contributed by atoms with E-state index in [1.165, 1.54) is 4.90 Å². The number of hydrogen-bond donors (Lipinski definition) is 1. The molecule has 0 saturated heterocycles. The summed E-state index contributed by atoms with van der Waals surface area (Å²) in [4.78, 5) is 1.18. The van der Waals surface area contributed by atoms with E-state index >= 15 is 0 Å². The Bertz CT molecular complexity index is 315. The van der Waals surface area contributed by atoms with Crippen LogP contribution in [-0.2, 0) is 4.74 Å². The number of hydrogen-bond acceptors (Lipinski definition) is 3. The first-order chi connectivity index (χ1) is 7.15. The summed E-state index contributed by atoms with van der Waals surface area (Å²) < 4.78 is 5.94. The minimum absolute atomic E-state index is 0.433. The van der Waals surface area contributed by atoms with Gasteiger partial charge in [0.2, 0.25) is 0 Å². The third kappa shape index (κ3) is 4.15. The van der Waals surface area contributed by atoms with Crippen molar-refractivity contribution in [2.75, 3.05) is 19.5 Å². The molecule has 2 nitrogen and oxygen atoms in total. The van der Waals surface area contributed by atoms with Crippen molar-refractivity contribution in [3.05, 3.63) is 28.2 Å². The van der Waals surface area contributed by atoms with Crippen LogP contribution < -0.4 is 0 Å². The number of rotatable bonds is 5. The average Bonchev–Trinajstić information content (AvgIpc) is 2.17. The van der Waals surface area contributed by atoms with Crippen molar-refractivity contribution in [1.82, 2.24) is 0 Å². The first-order valence-corrected chi connectivity index (χ1v) is 6.52. The molecule has 0 aromatic heterocycles. The minimum atomic E-state index is -0.433. The molecule has 1 aromatic carbocycles. The summed E-state index contributed by atoms with van der Waals surface area (Å²) >= 11 is 5.20. The van der Waals surface area contributed by atoms with Crippen LogP contribution in [0.2, 0.25) is 0 Å². The van der Waals surface area contributed by atoms with Crippen LogP contribution in [0.4, 0.5) is 0 Å². The van der Waals surface area contributed by atoms with Crippen LogP contribution in [0.5, 0.6) is 0 Å². The fraction of sp³-hybridized carbons (Fsp3) is 0.455. The molecule has 0 amide bonds. The van der Waals surface area contributed by atoms with Crippen LogP contribution in [0.25, 0.3) is 0 Å². The van der Waals surface area contributed by atoms with Gasteiger partial charge < -0.3 is 9.84 Å². The first kappa shape index (κ1) is 13.0. The van der Waals surface area contributed by atoms with Crippen molar-refractivity contribution >= 4 is 27.7 Å². The van der Waals surface area contributed by atoms with E-state index in [0.29, 0.717) is 0 Å². The van der Waals surface area contributed by atoms with Crippen LogP contribution in [-0.4, -0.2) is 24.6 Å². The van der Waals surface area contributed by atoms with Gasteiger partial charge in [0.15, 0.2) is 0 Å². The molecule has 0 unspecified atom stereocenters. The first-order valence-electron chi connectivity index (χ1n) is 4.74. The van der Waals surface area contributed by atoms with Gasteiger partial charge in [0, 0.05) is 22.2 Å². The van der Waals surface area contributed by atoms with Crippen molar-refractivity contribution in [1.29, 1.82) is 0 Å². The van der Waals surface area contributed by atoms with E-state index in [4.69, 9.17) is 4.74 Å². The Hall–Kier alpha value is -0.0300. The van der Waals surface area contributed by atoms with Crippen LogP contribution in [0, 0.1) is 0 Å². The number of aliphatic hydroxyl groups is 1. The predicted molar refractivity (Wildman–Crippen MR) is 67.4 cm³/mol. The summed E-state index contributed by atoms with van der Waals surface area (Å²) in [5.41, 5.74) is 0.922. The number of aliphatic hydroxyl groups excluding tert-OH is 1. The van der Waals surface area contributed by atoms with Crippen molar-refractivity contribution in [3.8, 4) is 0 Å². The quantitative estimate of drug-likeness (QED) is 0.667. The highest BCUT2D eigenvalue weighted by Gasteiger charge is 2.06. The van der Waals surface area contributed by atoms with Crippen LogP contribution >= 0.6 is 27.7 Å². The zero-order valence-electron chi connectivity index (χ0n) is 8.87. The summed E-state index contributed by atoms with van der Waals surface area (Å²) in [6.07, 6.45) is -0.433. The van der Waals surface area contributed by atoms with Crippen molar-refractivity contribution < 1.29 is 9.84 Å². The van der Waals surface area contributed by atoms with Crippen molar-refractivity contribution in [3.63, 3.8) is 0 Å². The highest BCUT2D eigenvalue weighted by atomic mass is 79.9. The smallest absolute Gasteiger partial charge is 0.0772 e. The fourth-order valence-corrected chi connectivity index (χ4v) is 2.89. The second-order valence-electron chi connectivity index (χ2n) is 3.20. The standard InChI is InChI=1S/C11H15BrO2S/c1-8(13)10-4-3-9(7-11(10)12)15-6-5-14-2/h3-4,7-8,13H,5-6H2,1-2H3/t8-/m1/s1. The summed E-state index contributed by atoms with van der Waals surface area (Å²) in [5.74, 6) is 0.941. The molecule has 0 heterocycles. The Kier molecular flexibility index (Phi) is 5.68. The highest BCUT2D eigenvalue weighted by molar-refractivity contribution is 9.10. The Balaban J connectivity index is 2.65. The number of benzene rings is 1. The maximum Gasteiger partial charge on any atom is 0.0772 e. The molecule has 1 aromatic rings. The van der Waals surface area contributed by atoms with E-state index in [2.05, 4.69) is 15.9 Å². The lowest BCUT2D eigenvalue weighted by molar-refractivity contribution is 0.198. The SMILES string of the molecule is COCCSc1ccc([C@@H](C)O)c(Br)c1. The molecule has 0 aliphatic carbocycles. The van der Waals surface area contributed by atoms with Crippen molar-refractivity contribution in [2.45, 2.75) is 17.9 Å². The Labute approximate surface area is 103 Å². The summed E-state index contributed by atoms with van der Waals surface area (Å²) in [6, 6.07) is 6.00. The molecule has 0 aliphatic rings. The van der Waals surface area contributed by atoms with Gasteiger partial charge in [-0.15, -0.1) is 11.8 Å². The maximum atomic E-state index is 9.45. The number of halogens is 1. The molecule has 0 fully saturated rings. The van der Waals surface area contributed by atoms with E-state index in [1.807, 2.05) is 18.2 Å². The lowest BCUT2D eigenvalue weighted by Gasteiger charge is -2.09. The van der Waals surface area contributed by atoms with Gasteiger partial charge in [0.25, 0.3) is 0 Å².